The van der Waals surface area contributed by atoms with E-state index in [2.05, 4.69) is 58.7 Å². The second-order valence-electron chi connectivity index (χ2n) is 8.00. The molecule has 2 saturated heterocycles. The number of hydrogen-bond acceptors (Lipinski definition) is 4. The van der Waals surface area contributed by atoms with Crippen LogP contribution in [-0.2, 0) is 17.8 Å². The largest absolute Gasteiger partial charge is 0.379 e. The van der Waals surface area contributed by atoms with Gasteiger partial charge in [0, 0.05) is 39.3 Å². The molecule has 0 radical (unpaired) electrons. The minimum absolute atomic E-state index is 0. The molecule has 1 unspecified atom stereocenters. The average Bonchev–Trinajstić information content (AvgIpc) is 2.72. The summed E-state index contributed by atoms with van der Waals surface area (Å²) in [7, 11) is 2.22. The summed E-state index contributed by atoms with van der Waals surface area (Å²) in [6, 6.07) is 8.69. The fourth-order valence-corrected chi connectivity index (χ4v) is 4.05. The molecule has 6 nitrogen and oxygen atoms in total. The average molecular weight is 515 g/mol. The Morgan fingerprint density at radius 1 is 1.14 bits per heavy atom. The number of aliphatic imine (C=N–C) groups is 1. The van der Waals surface area contributed by atoms with Crippen molar-refractivity contribution >= 4 is 29.9 Å². The van der Waals surface area contributed by atoms with Gasteiger partial charge in [0.05, 0.1) is 19.8 Å². The predicted molar refractivity (Wildman–Crippen MR) is 131 cm³/mol. The van der Waals surface area contributed by atoms with Crippen molar-refractivity contribution in [1.29, 1.82) is 0 Å². The van der Waals surface area contributed by atoms with Gasteiger partial charge in [-0.2, -0.15) is 0 Å². The van der Waals surface area contributed by atoms with Crippen LogP contribution in [0.5, 0.6) is 0 Å². The van der Waals surface area contributed by atoms with Gasteiger partial charge < -0.3 is 20.3 Å². The van der Waals surface area contributed by atoms with Gasteiger partial charge in [-0.05, 0) is 50.4 Å². The minimum Gasteiger partial charge on any atom is -0.379 e. The molecular weight excluding hydrogens is 477 g/mol. The molecular formula is C22H38IN5O. The van der Waals surface area contributed by atoms with Gasteiger partial charge >= 0.3 is 0 Å². The molecule has 2 aliphatic heterocycles. The van der Waals surface area contributed by atoms with Crippen LogP contribution in [0, 0.1) is 5.92 Å². The third-order valence-electron chi connectivity index (χ3n) is 5.65. The maximum atomic E-state index is 5.47. The topological polar surface area (TPSA) is 52.1 Å². The minimum atomic E-state index is 0. The Morgan fingerprint density at radius 3 is 2.62 bits per heavy atom. The van der Waals surface area contributed by atoms with Crippen molar-refractivity contribution in [3.05, 3.63) is 35.4 Å². The number of halogens is 1. The van der Waals surface area contributed by atoms with Gasteiger partial charge in [0.1, 0.15) is 0 Å². The van der Waals surface area contributed by atoms with Crippen LogP contribution < -0.4 is 10.6 Å². The van der Waals surface area contributed by atoms with E-state index in [1.54, 1.807) is 0 Å². The Morgan fingerprint density at radius 2 is 1.90 bits per heavy atom. The van der Waals surface area contributed by atoms with Gasteiger partial charge in [0.2, 0.25) is 0 Å². The van der Waals surface area contributed by atoms with E-state index in [-0.39, 0.29) is 24.0 Å². The molecule has 2 fully saturated rings. The number of rotatable bonds is 7. The van der Waals surface area contributed by atoms with Gasteiger partial charge in [-0.1, -0.05) is 24.3 Å². The van der Waals surface area contributed by atoms with E-state index in [0.717, 1.165) is 51.9 Å². The lowest BCUT2D eigenvalue weighted by Crippen LogP contribution is -2.43. The number of likely N-dealkylation sites (tertiary alicyclic amines) is 1. The van der Waals surface area contributed by atoms with E-state index in [1.165, 1.54) is 37.1 Å². The summed E-state index contributed by atoms with van der Waals surface area (Å²) in [5, 5.41) is 6.97. The van der Waals surface area contributed by atoms with Crippen molar-refractivity contribution in [2.24, 2.45) is 10.9 Å². The van der Waals surface area contributed by atoms with Crippen molar-refractivity contribution < 1.29 is 4.74 Å². The first-order valence-corrected chi connectivity index (χ1v) is 10.8. The summed E-state index contributed by atoms with van der Waals surface area (Å²) in [6.45, 7) is 11.8. The summed E-state index contributed by atoms with van der Waals surface area (Å²) in [5.41, 5.74) is 2.68. The Labute approximate surface area is 193 Å². The van der Waals surface area contributed by atoms with Gasteiger partial charge in [-0.3, -0.25) is 4.90 Å². The van der Waals surface area contributed by atoms with Crippen LogP contribution in [0.25, 0.3) is 0 Å². The molecule has 7 heteroatoms. The van der Waals surface area contributed by atoms with E-state index in [0.29, 0.717) is 12.5 Å². The first-order chi connectivity index (χ1) is 13.7. The first kappa shape index (κ1) is 24.4. The lowest BCUT2D eigenvalue weighted by Gasteiger charge is -2.30. The molecule has 1 aromatic rings. The van der Waals surface area contributed by atoms with Crippen molar-refractivity contribution in [3.63, 3.8) is 0 Å². The quantitative estimate of drug-likeness (QED) is 0.332. The second kappa shape index (κ2) is 13.4. The number of piperidine rings is 1. The molecule has 1 atom stereocenters. The Bertz CT molecular complexity index is 621. The van der Waals surface area contributed by atoms with Gasteiger partial charge in [0.15, 0.2) is 5.96 Å². The molecule has 164 valence electrons. The van der Waals surface area contributed by atoms with Crippen LogP contribution >= 0.6 is 24.0 Å². The molecule has 0 aromatic heterocycles. The smallest absolute Gasteiger partial charge is 0.191 e. The van der Waals surface area contributed by atoms with Crippen molar-refractivity contribution in [2.45, 2.75) is 32.9 Å². The molecule has 0 saturated carbocycles. The zero-order chi connectivity index (χ0) is 19.6. The van der Waals surface area contributed by atoms with E-state index >= 15 is 0 Å². The van der Waals surface area contributed by atoms with Gasteiger partial charge in [-0.25, -0.2) is 4.99 Å². The van der Waals surface area contributed by atoms with Crippen LogP contribution in [0.4, 0.5) is 0 Å². The highest BCUT2D eigenvalue weighted by Crippen LogP contribution is 2.15. The number of nitrogens with one attached hydrogen (secondary N) is 2. The number of hydrogen-bond donors (Lipinski definition) is 2. The van der Waals surface area contributed by atoms with Crippen LogP contribution in [0.2, 0.25) is 0 Å². The van der Waals surface area contributed by atoms with Crippen molar-refractivity contribution in [1.82, 2.24) is 20.4 Å². The molecule has 3 rings (SSSR count). The number of guanidine groups is 1. The number of benzene rings is 1. The highest BCUT2D eigenvalue weighted by atomic mass is 127. The summed E-state index contributed by atoms with van der Waals surface area (Å²) >= 11 is 0. The fraction of sp³-hybridized carbons (Fsp3) is 0.682. The molecule has 0 bridgehead atoms. The SMILES string of the molecule is CCNC(=NCc1ccccc1CN1CCOCC1)NCC1CCCN(C)C1.I. The lowest BCUT2D eigenvalue weighted by atomic mass is 9.99. The maximum absolute atomic E-state index is 5.47. The highest BCUT2D eigenvalue weighted by molar-refractivity contribution is 14.0. The molecule has 1 aromatic carbocycles. The van der Waals surface area contributed by atoms with Crippen molar-refractivity contribution in [3.8, 4) is 0 Å². The van der Waals surface area contributed by atoms with Gasteiger partial charge in [-0.15, -0.1) is 24.0 Å². The van der Waals surface area contributed by atoms with E-state index in [4.69, 9.17) is 9.73 Å². The number of nitrogens with zero attached hydrogens (tertiary/aromatic N) is 3. The molecule has 2 heterocycles. The van der Waals surface area contributed by atoms with Crippen LogP contribution in [-0.4, -0.2) is 75.3 Å². The number of ether oxygens (including phenoxy) is 1. The summed E-state index contributed by atoms with van der Waals surface area (Å²) < 4.78 is 5.47. The molecule has 0 spiro atoms. The Kier molecular flexibility index (Phi) is 11.3. The monoisotopic (exact) mass is 515 g/mol. The highest BCUT2D eigenvalue weighted by Gasteiger charge is 2.17. The Balaban J connectivity index is 0.00000300. The zero-order valence-electron chi connectivity index (χ0n) is 18.0. The molecule has 2 N–H and O–H groups in total. The van der Waals surface area contributed by atoms with Gasteiger partial charge in [0.25, 0.3) is 0 Å². The third kappa shape index (κ3) is 8.39. The zero-order valence-corrected chi connectivity index (χ0v) is 20.4. The maximum Gasteiger partial charge on any atom is 0.191 e. The molecule has 0 aliphatic carbocycles. The number of morpholine rings is 1. The van der Waals surface area contributed by atoms with E-state index in [1.807, 2.05) is 0 Å². The second-order valence-corrected chi connectivity index (χ2v) is 8.00. The predicted octanol–water partition coefficient (Wildman–Crippen LogP) is 2.53. The summed E-state index contributed by atoms with van der Waals surface area (Å²) in [5.74, 6) is 1.63. The van der Waals surface area contributed by atoms with Crippen LogP contribution in [0.3, 0.4) is 0 Å². The summed E-state index contributed by atoms with van der Waals surface area (Å²) in [4.78, 5) is 9.78. The first-order valence-electron chi connectivity index (χ1n) is 10.8. The molecule has 0 amide bonds. The lowest BCUT2D eigenvalue weighted by molar-refractivity contribution is 0.0341. The third-order valence-corrected chi connectivity index (χ3v) is 5.65. The standard InChI is InChI=1S/C22H37N5O.HI/c1-3-23-22(24-15-19-7-6-10-26(2)17-19)25-16-20-8-4-5-9-21(20)18-27-11-13-28-14-12-27;/h4-5,8-9,19H,3,6-7,10-18H2,1-2H3,(H2,23,24,25);1H. The van der Waals surface area contributed by atoms with E-state index in [9.17, 15) is 0 Å². The fourth-order valence-electron chi connectivity index (χ4n) is 4.05. The normalized spacial score (nSPS) is 21.4. The van der Waals surface area contributed by atoms with Crippen LogP contribution in [0.15, 0.2) is 29.3 Å². The Hall–Kier alpha value is -0.900. The summed E-state index contributed by atoms with van der Waals surface area (Å²) in [6.07, 6.45) is 2.60. The van der Waals surface area contributed by atoms with Crippen molar-refractivity contribution in [2.75, 3.05) is 59.5 Å². The van der Waals surface area contributed by atoms with Crippen LogP contribution in [0.1, 0.15) is 30.9 Å². The molecule has 2 aliphatic rings. The molecule has 29 heavy (non-hydrogen) atoms. The van der Waals surface area contributed by atoms with E-state index < -0.39 is 0 Å².